The van der Waals surface area contributed by atoms with Gasteiger partial charge in [-0.3, -0.25) is 4.79 Å². The zero-order valence-corrected chi connectivity index (χ0v) is 11.8. The molecule has 1 aromatic carbocycles. The standard InChI is InChI=1S/C15H19N3O2/c1-3-7-18(9-12-5-4-6-13(16)8-12)15(19)14-11(2)17-10-20-14/h4-6,8,10H,3,7,9,16H2,1-2H3. The Balaban J connectivity index is 2.19. The summed E-state index contributed by atoms with van der Waals surface area (Å²) in [4.78, 5) is 18.2. The number of oxazole rings is 1. The molecule has 0 saturated heterocycles. The zero-order valence-electron chi connectivity index (χ0n) is 11.8. The number of carbonyl (C=O) groups excluding carboxylic acids is 1. The molecule has 2 N–H and O–H groups in total. The van der Waals surface area contributed by atoms with Crippen LogP contribution in [-0.2, 0) is 6.54 Å². The van der Waals surface area contributed by atoms with Gasteiger partial charge in [-0.2, -0.15) is 0 Å². The highest BCUT2D eigenvalue weighted by Crippen LogP contribution is 2.14. The first-order valence-corrected chi connectivity index (χ1v) is 6.65. The Morgan fingerprint density at radius 3 is 2.85 bits per heavy atom. The maximum absolute atomic E-state index is 12.5. The first kappa shape index (κ1) is 14.1. The minimum absolute atomic E-state index is 0.135. The van der Waals surface area contributed by atoms with Gasteiger partial charge in [-0.05, 0) is 31.0 Å². The second-order valence-electron chi connectivity index (χ2n) is 4.74. The summed E-state index contributed by atoms with van der Waals surface area (Å²) in [7, 11) is 0. The smallest absolute Gasteiger partial charge is 0.291 e. The molecule has 1 heterocycles. The summed E-state index contributed by atoms with van der Waals surface area (Å²) in [6.45, 7) is 4.97. The minimum atomic E-state index is -0.135. The van der Waals surface area contributed by atoms with Crippen molar-refractivity contribution in [2.45, 2.75) is 26.8 Å². The Morgan fingerprint density at radius 1 is 1.45 bits per heavy atom. The lowest BCUT2D eigenvalue weighted by molar-refractivity contribution is 0.0710. The van der Waals surface area contributed by atoms with Crippen molar-refractivity contribution in [3.05, 3.63) is 47.7 Å². The molecule has 0 bridgehead atoms. The fraction of sp³-hybridized carbons (Fsp3) is 0.333. The molecular weight excluding hydrogens is 254 g/mol. The molecule has 0 aliphatic rings. The second-order valence-corrected chi connectivity index (χ2v) is 4.74. The summed E-state index contributed by atoms with van der Waals surface area (Å²) >= 11 is 0. The highest BCUT2D eigenvalue weighted by atomic mass is 16.3. The summed E-state index contributed by atoms with van der Waals surface area (Å²) in [5.41, 5.74) is 8.09. The molecule has 0 aliphatic carbocycles. The van der Waals surface area contributed by atoms with E-state index in [1.807, 2.05) is 31.2 Å². The summed E-state index contributed by atoms with van der Waals surface area (Å²) in [5, 5.41) is 0. The van der Waals surface area contributed by atoms with Gasteiger partial charge in [0, 0.05) is 18.8 Å². The van der Waals surface area contributed by atoms with Crippen LogP contribution in [0.2, 0.25) is 0 Å². The molecule has 5 nitrogen and oxygen atoms in total. The highest BCUT2D eigenvalue weighted by molar-refractivity contribution is 5.92. The van der Waals surface area contributed by atoms with E-state index < -0.39 is 0 Å². The largest absolute Gasteiger partial charge is 0.438 e. The molecule has 0 radical (unpaired) electrons. The van der Waals surface area contributed by atoms with Crippen LogP contribution in [0.3, 0.4) is 0 Å². The highest BCUT2D eigenvalue weighted by Gasteiger charge is 2.21. The van der Waals surface area contributed by atoms with Crippen molar-refractivity contribution < 1.29 is 9.21 Å². The predicted octanol–water partition coefficient (Wildman–Crippen LogP) is 2.62. The number of aromatic nitrogens is 1. The number of amides is 1. The Hall–Kier alpha value is -2.30. The normalized spacial score (nSPS) is 10.5. The zero-order chi connectivity index (χ0) is 14.5. The van der Waals surface area contributed by atoms with Crippen molar-refractivity contribution in [2.75, 3.05) is 12.3 Å². The number of rotatable bonds is 5. The van der Waals surface area contributed by atoms with Crippen molar-refractivity contribution in [1.29, 1.82) is 0 Å². The number of aryl methyl sites for hydroxylation is 1. The third kappa shape index (κ3) is 3.17. The van der Waals surface area contributed by atoms with Crippen molar-refractivity contribution in [1.82, 2.24) is 9.88 Å². The van der Waals surface area contributed by atoms with Gasteiger partial charge in [0.05, 0.1) is 5.69 Å². The van der Waals surface area contributed by atoms with Gasteiger partial charge in [0.2, 0.25) is 5.76 Å². The SMILES string of the molecule is CCCN(Cc1cccc(N)c1)C(=O)c1ocnc1C. The molecule has 0 spiro atoms. The van der Waals surface area contributed by atoms with Crippen molar-refractivity contribution in [3.63, 3.8) is 0 Å². The van der Waals surface area contributed by atoms with E-state index in [2.05, 4.69) is 4.98 Å². The number of nitrogens with zero attached hydrogens (tertiary/aromatic N) is 2. The lowest BCUT2D eigenvalue weighted by atomic mass is 10.1. The molecule has 2 aromatic rings. The monoisotopic (exact) mass is 273 g/mol. The van der Waals surface area contributed by atoms with Crippen LogP contribution in [0, 0.1) is 6.92 Å². The molecule has 0 fully saturated rings. The van der Waals surface area contributed by atoms with Crippen LogP contribution in [0.15, 0.2) is 35.1 Å². The molecule has 1 amide bonds. The summed E-state index contributed by atoms with van der Waals surface area (Å²) in [6, 6.07) is 7.55. The summed E-state index contributed by atoms with van der Waals surface area (Å²) in [5.74, 6) is 0.173. The molecule has 20 heavy (non-hydrogen) atoms. The van der Waals surface area contributed by atoms with Crippen molar-refractivity contribution >= 4 is 11.6 Å². The third-order valence-corrected chi connectivity index (χ3v) is 3.04. The fourth-order valence-corrected chi connectivity index (χ4v) is 2.08. The summed E-state index contributed by atoms with van der Waals surface area (Å²) in [6.07, 6.45) is 2.18. The van der Waals surface area contributed by atoms with Gasteiger partial charge in [0.15, 0.2) is 6.39 Å². The van der Waals surface area contributed by atoms with E-state index in [-0.39, 0.29) is 5.91 Å². The molecule has 0 saturated carbocycles. The van der Waals surface area contributed by atoms with Crippen LogP contribution >= 0.6 is 0 Å². The number of carbonyl (C=O) groups is 1. The molecule has 0 atom stereocenters. The van der Waals surface area contributed by atoms with Gasteiger partial charge in [-0.15, -0.1) is 0 Å². The van der Waals surface area contributed by atoms with Gasteiger partial charge < -0.3 is 15.1 Å². The van der Waals surface area contributed by atoms with E-state index in [0.717, 1.165) is 12.0 Å². The lowest BCUT2D eigenvalue weighted by Crippen LogP contribution is -2.31. The van der Waals surface area contributed by atoms with Gasteiger partial charge >= 0.3 is 0 Å². The average molecular weight is 273 g/mol. The van der Waals surface area contributed by atoms with Crippen LogP contribution in [0.4, 0.5) is 5.69 Å². The number of hydrogen-bond donors (Lipinski definition) is 1. The van der Waals surface area contributed by atoms with Gasteiger partial charge in [-0.1, -0.05) is 19.1 Å². The van der Waals surface area contributed by atoms with Crippen LogP contribution in [0.1, 0.15) is 35.2 Å². The molecule has 0 unspecified atom stereocenters. The van der Waals surface area contributed by atoms with E-state index in [1.54, 1.807) is 11.8 Å². The van der Waals surface area contributed by atoms with E-state index in [0.29, 0.717) is 30.2 Å². The topological polar surface area (TPSA) is 72.4 Å². The molecule has 106 valence electrons. The number of nitrogen functional groups attached to an aromatic ring is 1. The van der Waals surface area contributed by atoms with E-state index in [4.69, 9.17) is 10.2 Å². The van der Waals surface area contributed by atoms with Crippen LogP contribution in [0.5, 0.6) is 0 Å². The number of benzene rings is 1. The molecule has 0 aliphatic heterocycles. The van der Waals surface area contributed by atoms with Crippen molar-refractivity contribution in [3.8, 4) is 0 Å². The minimum Gasteiger partial charge on any atom is -0.438 e. The molecular formula is C15H19N3O2. The van der Waals surface area contributed by atoms with Gasteiger partial charge in [-0.25, -0.2) is 4.98 Å². The van der Waals surface area contributed by atoms with Gasteiger partial charge in [0.25, 0.3) is 5.91 Å². The van der Waals surface area contributed by atoms with Gasteiger partial charge in [0.1, 0.15) is 0 Å². The van der Waals surface area contributed by atoms with Crippen LogP contribution in [0.25, 0.3) is 0 Å². The van der Waals surface area contributed by atoms with E-state index in [9.17, 15) is 4.79 Å². The first-order valence-electron chi connectivity index (χ1n) is 6.65. The Bertz CT molecular complexity index is 592. The van der Waals surface area contributed by atoms with Crippen LogP contribution in [-0.4, -0.2) is 22.3 Å². The quantitative estimate of drug-likeness (QED) is 0.850. The molecule has 1 aromatic heterocycles. The third-order valence-electron chi connectivity index (χ3n) is 3.04. The Morgan fingerprint density at radius 2 is 2.25 bits per heavy atom. The van der Waals surface area contributed by atoms with E-state index >= 15 is 0 Å². The second kappa shape index (κ2) is 6.23. The lowest BCUT2D eigenvalue weighted by Gasteiger charge is -2.21. The average Bonchev–Trinajstić information content (AvgIpc) is 2.84. The van der Waals surface area contributed by atoms with Crippen LogP contribution < -0.4 is 5.73 Å². The number of nitrogens with two attached hydrogens (primary N) is 1. The summed E-state index contributed by atoms with van der Waals surface area (Å²) < 4.78 is 5.19. The Kier molecular flexibility index (Phi) is 4.40. The predicted molar refractivity (Wildman–Crippen MR) is 77.1 cm³/mol. The van der Waals surface area contributed by atoms with E-state index in [1.165, 1.54) is 6.39 Å². The number of anilines is 1. The molecule has 5 heteroatoms. The molecule has 2 rings (SSSR count). The fourth-order valence-electron chi connectivity index (χ4n) is 2.08. The Labute approximate surface area is 118 Å². The number of hydrogen-bond acceptors (Lipinski definition) is 4. The first-order chi connectivity index (χ1) is 9.61. The maximum Gasteiger partial charge on any atom is 0.291 e. The van der Waals surface area contributed by atoms with Crippen molar-refractivity contribution in [2.24, 2.45) is 0 Å². The maximum atomic E-state index is 12.5.